The van der Waals surface area contributed by atoms with Gasteiger partial charge in [0, 0.05) is 13.1 Å². The molecule has 0 saturated carbocycles. The van der Waals surface area contributed by atoms with Crippen molar-refractivity contribution in [2.24, 2.45) is 0 Å². The lowest BCUT2D eigenvalue weighted by Gasteiger charge is -2.15. The van der Waals surface area contributed by atoms with Crippen LogP contribution in [0.3, 0.4) is 0 Å². The SMILES string of the molecule is Fc1nc(N2CCCC2)c2[nH]cnc2n1. The molecule has 1 N–H and O–H groups in total. The molecule has 0 aromatic carbocycles. The van der Waals surface area contributed by atoms with Crippen LogP contribution < -0.4 is 4.90 Å². The number of aromatic amines is 1. The molecule has 3 heterocycles. The Bertz CT molecular complexity index is 488. The molecule has 0 aliphatic carbocycles. The summed E-state index contributed by atoms with van der Waals surface area (Å²) in [4.78, 5) is 16.4. The summed E-state index contributed by atoms with van der Waals surface area (Å²) in [5.41, 5.74) is 1.11. The number of nitrogens with one attached hydrogen (secondary N) is 1. The Balaban J connectivity index is 2.18. The van der Waals surface area contributed by atoms with E-state index in [0.29, 0.717) is 11.5 Å². The number of hydrogen-bond acceptors (Lipinski definition) is 4. The van der Waals surface area contributed by atoms with E-state index in [9.17, 15) is 4.39 Å². The fourth-order valence-corrected chi connectivity index (χ4v) is 1.95. The predicted molar refractivity (Wildman–Crippen MR) is 53.1 cm³/mol. The normalized spacial score (nSPS) is 16.5. The summed E-state index contributed by atoms with van der Waals surface area (Å²) < 4.78 is 13.1. The Morgan fingerprint density at radius 3 is 2.87 bits per heavy atom. The molecule has 78 valence electrons. The zero-order chi connectivity index (χ0) is 10.3. The minimum absolute atomic E-state index is 0.393. The number of fused-ring (bicyclic) bond motifs is 1. The summed E-state index contributed by atoms with van der Waals surface area (Å²) in [5.74, 6) is 0.632. The minimum Gasteiger partial charge on any atom is -0.355 e. The van der Waals surface area contributed by atoms with Gasteiger partial charge in [0.25, 0.3) is 0 Å². The quantitative estimate of drug-likeness (QED) is 0.711. The smallest absolute Gasteiger partial charge is 0.312 e. The van der Waals surface area contributed by atoms with Crippen LogP contribution in [0.2, 0.25) is 0 Å². The number of aromatic nitrogens is 4. The monoisotopic (exact) mass is 207 g/mol. The number of nitrogens with zero attached hydrogens (tertiary/aromatic N) is 4. The molecule has 0 unspecified atom stereocenters. The summed E-state index contributed by atoms with van der Waals surface area (Å²) in [6, 6.07) is 0. The van der Waals surface area contributed by atoms with Crippen molar-refractivity contribution in [3.63, 3.8) is 0 Å². The van der Waals surface area contributed by atoms with Crippen LogP contribution in [0.5, 0.6) is 0 Å². The fourth-order valence-electron chi connectivity index (χ4n) is 1.95. The lowest BCUT2D eigenvalue weighted by molar-refractivity contribution is 0.543. The highest BCUT2D eigenvalue weighted by molar-refractivity contribution is 5.82. The third-order valence-electron chi connectivity index (χ3n) is 2.64. The molecule has 0 radical (unpaired) electrons. The Kier molecular flexibility index (Phi) is 1.80. The summed E-state index contributed by atoms with van der Waals surface area (Å²) >= 11 is 0. The van der Waals surface area contributed by atoms with Gasteiger partial charge in [0.2, 0.25) is 0 Å². The molecule has 0 spiro atoms. The van der Waals surface area contributed by atoms with Crippen molar-refractivity contribution in [3.05, 3.63) is 12.4 Å². The highest BCUT2D eigenvalue weighted by atomic mass is 19.1. The summed E-state index contributed by atoms with van der Waals surface area (Å²) in [5, 5.41) is 0. The van der Waals surface area contributed by atoms with Gasteiger partial charge in [-0.1, -0.05) is 0 Å². The molecule has 1 aliphatic rings. The molecular formula is C9H10FN5. The van der Waals surface area contributed by atoms with E-state index in [1.807, 2.05) is 0 Å². The van der Waals surface area contributed by atoms with Crippen molar-refractivity contribution in [2.45, 2.75) is 12.8 Å². The first-order valence-electron chi connectivity index (χ1n) is 4.96. The van der Waals surface area contributed by atoms with Gasteiger partial charge >= 0.3 is 6.08 Å². The van der Waals surface area contributed by atoms with E-state index >= 15 is 0 Å². The highest BCUT2D eigenvalue weighted by Gasteiger charge is 2.19. The minimum atomic E-state index is -0.712. The largest absolute Gasteiger partial charge is 0.355 e. The van der Waals surface area contributed by atoms with Crippen LogP contribution in [0, 0.1) is 6.08 Å². The van der Waals surface area contributed by atoms with Crippen LogP contribution in [-0.2, 0) is 0 Å². The van der Waals surface area contributed by atoms with Crippen LogP contribution in [0.4, 0.5) is 10.2 Å². The summed E-state index contributed by atoms with van der Waals surface area (Å²) in [6.07, 6.45) is 3.05. The Hall–Kier alpha value is -1.72. The van der Waals surface area contributed by atoms with Gasteiger partial charge in [0.1, 0.15) is 5.52 Å². The van der Waals surface area contributed by atoms with Gasteiger partial charge in [-0.25, -0.2) is 4.98 Å². The number of imidazole rings is 1. The highest BCUT2D eigenvalue weighted by Crippen LogP contribution is 2.23. The van der Waals surface area contributed by atoms with Crippen LogP contribution in [0.15, 0.2) is 6.33 Å². The van der Waals surface area contributed by atoms with Crippen molar-refractivity contribution >= 4 is 17.0 Å². The van der Waals surface area contributed by atoms with E-state index in [2.05, 4.69) is 24.8 Å². The van der Waals surface area contributed by atoms with Gasteiger partial charge in [0.15, 0.2) is 11.5 Å². The van der Waals surface area contributed by atoms with E-state index in [4.69, 9.17) is 0 Å². The maximum atomic E-state index is 13.1. The standard InChI is InChI=1S/C9H10FN5/c10-9-13-7-6(11-5-12-7)8(14-9)15-3-1-2-4-15/h5H,1-4H2,(H,11,12,13,14). The van der Waals surface area contributed by atoms with E-state index < -0.39 is 6.08 Å². The molecule has 0 atom stereocenters. The Labute approximate surface area is 85.4 Å². The second-order valence-electron chi connectivity index (χ2n) is 3.61. The number of hydrogen-bond donors (Lipinski definition) is 1. The Morgan fingerprint density at radius 2 is 2.07 bits per heavy atom. The number of halogens is 1. The second kappa shape index (κ2) is 3.15. The van der Waals surface area contributed by atoms with Crippen molar-refractivity contribution < 1.29 is 4.39 Å². The molecule has 1 fully saturated rings. The van der Waals surface area contributed by atoms with Crippen molar-refractivity contribution in [1.29, 1.82) is 0 Å². The van der Waals surface area contributed by atoms with E-state index in [1.165, 1.54) is 6.33 Å². The van der Waals surface area contributed by atoms with E-state index in [-0.39, 0.29) is 0 Å². The number of H-pyrrole nitrogens is 1. The molecule has 5 nitrogen and oxygen atoms in total. The average Bonchev–Trinajstić information content (AvgIpc) is 2.86. The number of rotatable bonds is 1. The van der Waals surface area contributed by atoms with Crippen LogP contribution in [-0.4, -0.2) is 33.0 Å². The first-order chi connectivity index (χ1) is 7.34. The predicted octanol–water partition coefficient (Wildman–Crippen LogP) is 1.09. The van der Waals surface area contributed by atoms with Crippen molar-refractivity contribution in [3.8, 4) is 0 Å². The molecule has 0 bridgehead atoms. The van der Waals surface area contributed by atoms with Crippen molar-refractivity contribution in [1.82, 2.24) is 19.9 Å². The van der Waals surface area contributed by atoms with Gasteiger partial charge in [-0.15, -0.1) is 0 Å². The second-order valence-corrected chi connectivity index (χ2v) is 3.61. The third-order valence-corrected chi connectivity index (χ3v) is 2.64. The summed E-state index contributed by atoms with van der Waals surface area (Å²) in [6.45, 7) is 1.84. The topological polar surface area (TPSA) is 57.7 Å². The zero-order valence-electron chi connectivity index (χ0n) is 8.07. The van der Waals surface area contributed by atoms with Crippen LogP contribution in [0.25, 0.3) is 11.2 Å². The molecule has 15 heavy (non-hydrogen) atoms. The molecule has 2 aromatic rings. The van der Waals surface area contributed by atoms with Crippen LogP contribution in [0.1, 0.15) is 12.8 Å². The molecule has 1 saturated heterocycles. The van der Waals surface area contributed by atoms with Gasteiger partial charge in [0.05, 0.1) is 6.33 Å². The van der Waals surface area contributed by atoms with E-state index in [0.717, 1.165) is 31.4 Å². The van der Waals surface area contributed by atoms with Crippen LogP contribution >= 0.6 is 0 Å². The molecule has 6 heteroatoms. The Morgan fingerprint density at radius 1 is 1.27 bits per heavy atom. The third kappa shape index (κ3) is 1.33. The zero-order valence-corrected chi connectivity index (χ0v) is 8.07. The van der Waals surface area contributed by atoms with Crippen molar-refractivity contribution in [2.75, 3.05) is 18.0 Å². The first-order valence-corrected chi connectivity index (χ1v) is 4.96. The molecule has 3 rings (SSSR count). The average molecular weight is 207 g/mol. The first kappa shape index (κ1) is 8.58. The fraction of sp³-hybridized carbons (Fsp3) is 0.444. The number of anilines is 1. The summed E-state index contributed by atoms with van der Waals surface area (Å²) in [7, 11) is 0. The molecule has 1 aliphatic heterocycles. The van der Waals surface area contributed by atoms with Gasteiger partial charge in [-0.05, 0) is 12.8 Å². The van der Waals surface area contributed by atoms with Gasteiger partial charge < -0.3 is 9.88 Å². The molecule has 0 amide bonds. The maximum Gasteiger partial charge on any atom is 0.312 e. The van der Waals surface area contributed by atoms with E-state index in [1.54, 1.807) is 0 Å². The van der Waals surface area contributed by atoms with Gasteiger partial charge in [-0.3, -0.25) is 0 Å². The lowest BCUT2D eigenvalue weighted by atomic mass is 10.4. The maximum absolute atomic E-state index is 13.1. The van der Waals surface area contributed by atoms with Gasteiger partial charge in [-0.2, -0.15) is 14.4 Å². The lowest BCUT2D eigenvalue weighted by Crippen LogP contribution is -2.20. The molecular weight excluding hydrogens is 197 g/mol. The molecule has 2 aromatic heterocycles.